The second kappa shape index (κ2) is 10.9. The molecule has 1 aliphatic heterocycles. The Bertz CT molecular complexity index is 943. The normalized spacial score (nSPS) is 13.8. The number of unbranched alkanes of at least 4 members (excludes halogenated alkanes) is 2. The Morgan fingerprint density at radius 1 is 1.16 bits per heavy atom. The van der Waals surface area contributed by atoms with E-state index >= 15 is 0 Å². The van der Waals surface area contributed by atoms with Gasteiger partial charge in [0.1, 0.15) is 12.4 Å². The first-order valence-electron chi connectivity index (χ1n) is 10.9. The SMILES string of the molecule is CN(CCCCCc1cc(-c2ccc(F)cc2)n[nH]1)C(=O)CCCN1C(=O)CN(C)C1=O. The first-order valence-corrected chi connectivity index (χ1v) is 10.9. The number of aryl methyl sites for hydroxylation is 1. The Balaban J connectivity index is 1.29. The van der Waals surface area contributed by atoms with E-state index in [0.29, 0.717) is 19.4 Å². The van der Waals surface area contributed by atoms with Crippen molar-refractivity contribution >= 4 is 17.8 Å². The van der Waals surface area contributed by atoms with E-state index in [2.05, 4.69) is 10.2 Å². The van der Waals surface area contributed by atoms with Gasteiger partial charge in [-0.3, -0.25) is 19.6 Å². The van der Waals surface area contributed by atoms with Crippen molar-refractivity contribution in [2.24, 2.45) is 0 Å². The highest BCUT2D eigenvalue weighted by Crippen LogP contribution is 2.19. The number of carbonyl (C=O) groups is 3. The lowest BCUT2D eigenvalue weighted by molar-refractivity contribution is -0.131. The highest BCUT2D eigenvalue weighted by Gasteiger charge is 2.32. The van der Waals surface area contributed by atoms with Crippen molar-refractivity contribution in [1.29, 1.82) is 0 Å². The standard InChI is InChI=1S/C23H30FN5O3/c1-27(21(30)8-6-14-29-22(31)16-28(2)23(29)32)13-5-3-4-7-19-15-20(26-25-19)17-9-11-18(24)12-10-17/h9-12,15H,3-8,13-14,16H2,1-2H3,(H,25,26). The average molecular weight is 444 g/mol. The van der Waals surface area contributed by atoms with E-state index < -0.39 is 0 Å². The van der Waals surface area contributed by atoms with Gasteiger partial charge in [-0.2, -0.15) is 5.10 Å². The first-order chi connectivity index (χ1) is 15.3. The molecule has 0 unspecified atom stereocenters. The number of benzene rings is 1. The van der Waals surface area contributed by atoms with E-state index in [1.165, 1.54) is 21.9 Å². The lowest BCUT2D eigenvalue weighted by Crippen LogP contribution is -2.34. The zero-order valence-electron chi connectivity index (χ0n) is 18.6. The lowest BCUT2D eigenvalue weighted by Gasteiger charge is -2.18. The first kappa shape index (κ1) is 23.4. The monoisotopic (exact) mass is 443 g/mol. The molecule has 3 rings (SSSR count). The summed E-state index contributed by atoms with van der Waals surface area (Å²) in [5.41, 5.74) is 2.71. The van der Waals surface area contributed by atoms with Gasteiger partial charge in [-0.25, -0.2) is 9.18 Å². The third kappa shape index (κ3) is 6.15. The second-order valence-corrected chi connectivity index (χ2v) is 8.20. The number of nitrogens with zero attached hydrogens (tertiary/aromatic N) is 4. The van der Waals surface area contributed by atoms with Crippen LogP contribution in [0.25, 0.3) is 11.3 Å². The summed E-state index contributed by atoms with van der Waals surface area (Å²) in [6.45, 7) is 1.07. The zero-order chi connectivity index (χ0) is 23.1. The quantitative estimate of drug-likeness (QED) is 0.427. The van der Waals surface area contributed by atoms with Crippen LogP contribution in [0, 0.1) is 5.82 Å². The van der Waals surface area contributed by atoms with E-state index in [-0.39, 0.29) is 36.8 Å². The van der Waals surface area contributed by atoms with Gasteiger partial charge in [-0.15, -0.1) is 0 Å². The number of H-pyrrole nitrogens is 1. The molecule has 9 heteroatoms. The number of halogens is 1. The topological polar surface area (TPSA) is 89.6 Å². The van der Waals surface area contributed by atoms with Crippen molar-refractivity contribution in [2.45, 2.75) is 38.5 Å². The molecule has 1 N–H and O–H groups in total. The number of rotatable bonds is 11. The van der Waals surface area contributed by atoms with Crippen LogP contribution >= 0.6 is 0 Å². The fourth-order valence-corrected chi connectivity index (χ4v) is 3.69. The zero-order valence-corrected chi connectivity index (χ0v) is 18.6. The minimum Gasteiger partial charge on any atom is -0.346 e. The predicted octanol–water partition coefficient (Wildman–Crippen LogP) is 3.06. The van der Waals surface area contributed by atoms with Crippen molar-refractivity contribution in [2.75, 3.05) is 33.7 Å². The summed E-state index contributed by atoms with van der Waals surface area (Å²) < 4.78 is 13.0. The molecule has 0 spiro atoms. The fraction of sp³-hybridized carbons (Fsp3) is 0.478. The predicted molar refractivity (Wildman–Crippen MR) is 118 cm³/mol. The minimum absolute atomic E-state index is 0.0231. The number of likely N-dealkylation sites (N-methyl/N-ethyl adjacent to an activating group) is 1. The van der Waals surface area contributed by atoms with E-state index in [1.807, 2.05) is 6.07 Å². The third-order valence-electron chi connectivity index (χ3n) is 5.64. The van der Waals surface area contributed by atoms with Crippen molar-refractivity contribution in [3.05, 3.63) is 41.8 Å². The van der Waals surface area contributed by atoms with E-state index in [1.54, 1.807) is 31.1 Å². The van der Waals surface area contributed by atoms with Gasteiger partial charge in [0.2, 0.25) is 11.8 Å². The molecule has 1 aliphatic rings. The molecule has 1 aromatic carbocycles. The van der Waals surface area contributed by atoms with E-state index in [0.717, 1.165) is 42.6 Å². The van der Waals surface area contributed by atoms with Crippen LogP contribution in [-0.2, 0) is 16.0 Å². The molecule has 4 amide bonds. The Hall–Kier alpha value is -3.23. The van der Waals surface area contributed by atoms with Crippen molar-refractivity contribution in [3.63, 3.8) is 0 Å². The Kier molecular flexibility index (Phi) is 7.97. The molecule has 0 bridgehead atoms. The van der Waals surface area contributed by atoms with Crippen LogP contribution in [0.2, 0.25) is 0 Å². The molecule has 0 saturated carbocycles. The number of hydrogen-bond donors (Lipinski definition) is 1. The molecular formula is C23H30FN5O3. The molecule has 1 aromatic heterocycles. The number of urea groups is 1. The molecule has 8 nitrogen and oxygen atoms in total. The summed E-state index contributed by atoms with van der Waals surface area (Å²) in [6.07, 6.45) is 4.50. The summed E-state index contributed by atoms with van der Waals surface area (Å²) in [5.74, 6) is -0.451. The van der Waals surface area contributed by atoms with Gasteiger partial charge in [0.15, 0.2) is 0 Å². The van der Waals surface area contributed by atoms with Gasteiger partial charge >= 0.3 is 6.03 Å². The van der Waals surface area contributed by atoms with Gasteiger partial charge in [-0.05, 0) is 56.0 Å². The van der Waals surface area contributed by atoms with Crippen LogP contribution in [0.15, 0.2) is 30.3 Å². The third-order valence-corrected chi connectivity index (χ3v) is 5.64. The van der Waals surface area contributed by atoms with Crippen LogP contribution in [0.3, 0.4) is 0 Å². The van der Waals surface area contributed by atoms with Gasteiger partial charge in [-0.1, -0.05) is 6.42 Å². The second-order valence-electron chi connectivity index (χ2n) is 8.20. The highest BCUT2D eigenvalue weighted by atomic mass is 19.1. The molecule has 2 heterocycles. The van der Waals surface area contributed by atoms with Crippen molar-refractivity contribution in [1.82, 2.24) is 24.9 Å². The van der Waals surface area contributed by atoms with Crippen LogP contribution in [0.1, 0.15) is 37.8 Å². The van der Waals surface area contributed by atoms with Crippen molar-refractivity contribution < 1.29 is 18.8 Å². The minimum atomic E-state index is -0.294. The molecule has 0 atom stereocenters. The number of hydrogen-bond acceptors (Lipinski definition) is 4. The average Bonchev–Trinajstić information content (AvgIpc) is 3.33. The summed E-state index contributed by atoms with van der Waals surface area (Å²) in [5, 5.41) is 7.32. The molecule has 1 saturated heterocycles. The maximum Gasteiger partial charge on any atom is 0.326 e. The van der Waals surface area contributed by atoms with E-state index in [4.69, 9.17) is 0 Å². The highest BCUT2D eigenvalue weighted by molar-refractivity contribution is 6.01. The Morgan fingerprint density at radius 2 is 1.91 bits per heavy atom. The summed E-state index contributed by atoms with van der Waals surface area (Å²) >= 11 is 0. The van der Waals surface area contributed by atoms with Crippen molar-refractivity contribution in [3.8, 4) is 11.3 Å². The number of carbonyl (C=O) groups excluding carboxylic acids is 3. The van der Waals surface area contributed by atoms with Crippen LogP contribution < -0.4 is 0 Å². The molecule has 0 radical (unpaired) electrons. The van der Waals surface area contributed by atoms with Crippen LogP contribution in [-0.4, -0.2) is 76.5 Å². The number of aromatic amines is 1. The van der Waals surface area contributed by atoms with Gasteiger partial charge in [0.25, 0.3) is 0 Å². The smallest absolute Gasteiger partial charge is 0.326 e. The maximum absolute atomic E-state index is 13.0. The lowest BCUT2D eigenvalue weighted by atomic mass is 10.1. The fourth-order valence-electron chi connectivity index (χ4n) is 3.69. The van der Waals surface area contributed by atoms with E-state index in [9.17, 15) is 18.8 Å². The number of nitrogens with one attached hydrogen (secondary N) is 1. The molecule has 2 aromatic rings. The maximum atomic E-state index is 13.0. The Labute approximate surface area is 187 Å². The summed E-state index contributed by atoms with van der Waals surface area (Å²) in [6, 6.07) is 7.95. The summed E-state index contributed by atoms with van der Waals surface area (Å²) in [4.78, 5) is 40.2. The largest absolute Gasteiger partial charge is 0.346 e. The molecule has 0 aliphatic carbocycles. The Morgan fingerprint density at radius 3 is 2.59 bits per heavy atom. The molecule has 1 fully saturated rings. The molecular weight excluding hydrogens is 413 g/mol. The number of aromatic nitrogens is 2. The van der Waals surface area contributed by atoms with Gasteiger partial charge in [0.05, 0.1) is 5.69 Å². The molecule has 172 valence electrons. The number of imide groups is 1. The van der Waals surface area contributed by atoms with Gasteiger partial charge < -0.3 is 9.80 Å². The van der Waals surface area contributed by atoms with Crippen LogP contribution in [0.4, 0.5) is 9.18 Å². The van der Waals surface area contributed by atoms with Gasteiger partial charge in [0, 0.05) is 44.9 Å². The van der Waals surface area contributed by atoms with Crippen LogP contribution in [0.5, 0.6) is 0 Å². The summed E-state index contributed by atoms with van der Waals surface area (Å²) in [7, 11) is 3.38. The number of amides is 4. The molecule has 32 heavy (non-hydrogen) atoms.